The molecule has 0 spiro atoms. The maximum atomic E-state index is 13.0. The molecule has 0 rings (SSSR count). The highest BCUT2D eigenvalue weighted by Gasteiger charge is 2.24. The second-order valence-electron chi connectivity index (χ2n) is 25.2. The van der Waals surface area contributed by atoms with Crippen molar-refractivity contribution < 1.29 is 32.9 Å². The highest BCUT2D eigenvalue weighted by molar-refractivity contribution is 7.45. The van der Waals surface area contributed by atoms with Crippen LogP contribution < -0.4 is 10.2 Å². The number of phosphoric ester groups is 1. The summed E-state index contributed by atoms with van der Waals surface area (Å²) in [6.45, 7) is 4.76. The number of hydrogen-bond acceptors (Lipinski definition) is 6. The van der Waals surface area contributed by atoms with Gasteiger partial charge in [0.05, 0.1) is 39.9 Å². The van der Waals surface area contributed by atoms with Gasteiger partial charge in [0.15, 0.2) is 0 Å². The van der Waals surface area contributed by atoms with Crippen LogP contribution in [0.15, 0.2) is 36.5 Å². The summed E-state index contributed by atoms with van der Waals surface area (Å²) in [6.07, 6.45) is 80.8. The number of aliphatic hydroxyl groups excluding tert-OH is 1. The molecule has 0 radical (unpaired) electrons. The summed E-state index contributed by atoms with van der Waals surface area (Å²) in [5.41, 5.74) is 0. The minimum Gasteiger partial charge on any atom is -0.756 e. The van der Waals surface area contributed by atoms with Crippen LogP contribution in [0.5, 0.6) is 0 Å². The molecule has 8 nitrogen and oxygen atoms in total. The van der Waals surface area contributed by atoms with E-state index in [9.17, 15) is 19.4 Å². The van der Waals surface area contributed by atoms with Crippen molar-refractivity contribution in [1.29, 1.82) is 0 Å². The Morgan fingerprint density at radius 3 is 1.06 bits per heavy atom. The van der Waals surface area contributed by atoms with Crippen molar-refractivity contribution in [3.05, 3.63) is 36.5 Å². The molecule has 0 saturated carbocycles. The van der Waals surface area contributed by atoms with Crippen LogP contribution in [0.4, 0.5) is 0 Å². The summed E-state index contributed by atoms with van der Waals surface area (Å²) >= 11 is 0. The number of likely N-dealkylation sites (N-methyl/N-ethyl adjacent to an activating group) is 1. The molecule has 0 fully saturated rings. The van der Waals surface area contributed by atoms with Gasteiger partial charge in [0.1, 0.15) is 13.2 Å². The van der Waals surface area contributed by atoms with Crippen LogP contribution in [0.2, 0.25) is 0 Å². The predicted octanol–water partition coefficient (Wildman–Crippen LogP) is 21.4. The summed E-state index contributed by atoms with van der Waals surface area (Å²) in [5, 5.41) is 14.1. The lowest BCUT2D eigenvalue weighted by Crippen LogP contribution is -2.46. The van der Waals surface area contributed by atoms with Gasteiger partial charge in [-0.2, -0.15) is 0 Å². The first-order chi connectivity index (χ1) is 38.5. The number of allylic oxidation sites excluding steroid dienone is 6. The number of aliphatic hydroxyl groups is 1. The second-order valence-corrected chi connectivity index (χ2v) is 26.7. The quantitative estimate of drug-likeness (QED) is 0.0272. The van der Waals surface area contributed by atoms with E-state index in [1.54, 1.807) is 0 Å². The Bertz CT molecular complexity index is 1380. The largest absolute Gasteiger partial charge is 0.756 e. The van der Waals surface area contributed by atoms with Gasteiger partial charge in [-0.1, -0.05) is 333 Å². The van der Waals surface area contributed by atoms with E-state index >= 15 is 0 Å². The van der Waals surface area contributed by atoms with Gasteiger partial charge >= 0.3 is 0 Å². The smallest absolute Gasteiger partial charge is 0.268 e. The number of rotatable bonds is 65. The summed E-state index contributed by atoms with van der Waals surface area (Å²) in [4.78, 5) is 25.6. The zero-order valence-electron chi connectivity index (χ0n) is 53.6. The fourth-order valence-corrected chi connectivity index (χ4v) is 11.4. The maximum Gasteiger partial charge on any atom is 0.268 e. The van der Waals surface area contributed by atoms with E-state index in [1.807, 2.05) is 21.1 Å². The van der Waals surface area contributed by atoms with Gasteiger partial charge in [-0.3, -0.25) is 9.36 Å². The van der Waals surface area contributed by atoms with Crippen molar-refractivity contribution in [1.82, 2.24) is 5.32 Å². The second kappa shape index (κ2) is 61.3. The minimum absolute atomic E-state index is 0.0148. The monoisotopic (exact) mass is 1130 g/mol. The van der Waals surface area contributed by atoms with Gasteiger partial charge in [0, 0.05) is 6.42 Å². The third-order valence-corrected chi connectivity index (χ3v) is 17.1. The minimum atomic E-state index is -4.57. The Kier molecular flexibility index (Phi) is 60.3. The number of amides is 1. The van der Waals surface area contributed by atoms with Crippen LogP contribution in [-0.4, -0.2) is 68.5 Å². The lowest BCUT2D eigenvalue weighted by molar-refractivity contribution is -0.870. The van der Waals surface area contributed by atoms with Crippen LogP contribution in [0, 0.1) is 0 Å². The topological polar surface area (TPSA) is 108 Å². The number of nitrogens with one attached hydrogen (secondary N) is 1. The van der Waals surface area contributed by atoms with Crippen molar-refractivity contribution in [3.8, 4) is 0 Å². The highest BCUT2D eigenvalue weighted by Crippen LogP contribution is 2.38. The average Bonchev–Trinajstić information content (AvgIpc) is 3.42. The molecule has 0 aliphatic heterocycles. The molecule has 0 aliphatic carbocycles. The molecule has 9 heteroatoms. The zero-order valence-corrected chi connectivity index (χ0v) is 54.5. The molecular weight excluding hydrogens is 996 g/mol. The molecular formula is C70H137N2O6P. The summed E-state index contributed by atoms with van der Waals surface area (Å²) in [5.74, 6) is -0.157. The number of phosphoric acid groups is 1. The normalized spacial score (nSPS) is 13.9. The Balaban J connectivity index is 3.90. The molecule has 0 aromatic rings. The van der Waals surface area contributed by atoms with Crippen molar-refractivity contribution in [2.45, 2.75) is 366 Å². The number of unbranched alkanes of at least 4 members (excludes halogenated alkanes) is 46. The number of quaternary nitrogens is 1. The number of carbonyl (C=O) groups excluding carboxylic acids is 1. The third kappa shape index (κ3) is 64.1. The predicted molar refractivity (Wildman–Crippen MR) is 344 cm³/mol. The van der Waals surface area contributed by atoms with Crippen molar-refractivity contribution >= 4 is 13.7 Å². The molecule has 0 aromatic carbocycles. The van der Waals surface area contributed by atoms with Crippen LogP contribution in [-0.2, 0) is 18.4 Å². The van der Waals surface area contributed by atoms with Crippen LogP contribution >= 0.6 is 7.82 Å². The average molecular weight is 1130 g/mol. The van der Waals surface area contributed by atoms with E-state index in [-0.39, 0.29) is 19.1 Å². The first-order valence-corrected chi connectivity index (χ1v) is 36.3. The Hall–Kier alpha value is -1.28. The standard InChI is InChI=1S/C70H137N2O6P/c1-6-8-10-12-14-16-18-20-22-24-26-27-28-29-30-31-32-33-34-35-36-37-38-39-40-41-42-43-44-45-46-48-50-52-54-56-58-60-62-64-70(74)71-68(67-78-79(75,76)77-66-65-72(3,4)5)69(73)63-61-59-57-55-53-51-49-47-25-23-21-19-17-15-13-11-9-7-2/h18,20,24,26,28-29,68-69,73H,6-17,19,21-23,25,27,30-67H2,1-5H3,(H-,71,74,75,76)/b20-18-,26-24-,29-28-. The van der Waals surface area contributed by atoms with Gasteiger partial charge in [0.25, 0.3) is 7.82 Å². The fourth-order valence-electron chi connectivity index (χ4n) is 10.7. The van der Waals surface area contributed by atoms with E-state index in [0.717, 1.165) is 51.4 Å². The zero-order chi connectivity index (χ0) is 57.7. The summed E-state index contributed by atoms with van der Waals surface area (Å²) in [6, 6.07) is -0.799. The molecule has 3 atom stereocenters. The van der Waals surface area contributed by atoms with Gasteiger partial charge in [0.2, 0.25) is 5.91 Å². The summed E-state index contributed by atoms with van der Waals surface area (Å²) < 4.78 is 23.5. The van der Waals surface area contributed by atoms with Crippen molar-refractivity contribution in [2.24, 2.45) is 0 Å². The number of hydrogen-bond donors (Lipinski definition) is 2. The van der Waals surface area contributed by atoms with Crippen molar-refractivity contribution in [2.75, 3.05) is 40.9 Å². The molecule has 3 unspecified atom stereocenters. The lowest BCUT2D eigenvalue weighted by atomic mass is 10.0. The fraction of sp³-hybridized carbons (Fsp3) is 0.900. The van der Waals surface area contributed by atoms with E-state index in [1.165, 1.54) is 276 Å². The highest BCUT2D eigenvalue weighted by atomic mass is 31.2. The molecule has 1 amide bonds. The molecule has 79 heavy (non-hydrogen) atoms. The first-order valence-electron chi connectivity index (χ1n) is 34.8. The van der Waals surface area contributed by atoms with Crippen LogP contribution in [0.3, 0.4) is 0 Å². The van der Waals surface area contributed by atoms with E-state index in [2.05, 4.69) is 55.6 Å². The number of carbonyl (C=O) groups is 1. The summed E-state index contributed by atoms with van der Waals surface area (Å²) in [7, 11) is 1.32. The van der Waals surface area contributed by atoms with Gasteiger partial charge in [-0.05, 0) is 51.4 Å². The molecule has 468 valence electrons. The van der Waals surface area contributed by atoms with Crippen LogP contribution in [0.25, 0.3) is 0 Å². The molecule has 0 aliphatic rings. The van der Waals surface area contributed by atoms with Gasteiger partial charge < -0.3 is 28.8 Å². The van der Waals surface area contributed by atoms with Gasteiger partial charge in [-0.25, -0.2) is 0 Å². The molecule has 0 aromatic heterocycles. The van der Waals surface area contributed by atoms with Gasteiger partial charge in [-0.15, -0.1) is 0 Å². The van der Waals surface area contributed by atoms with Crippen LogP contribution in [0.1, 0.15) is 354 Å². The Morgan fingerprint density at radius 1 is 0.443 bits per heavy atom. The molecule has 0 bridgehead atoms. The molecule has 0 saturated heterocycles. The lowest BCUT2D eigenvalue weighted by Gasteiger charge is -2.30. The van der Waals surface area contributed by atoms with E-state index in [0.29, 0.717) is 23.9 Å². The van der Waals surface area contributed by atoms with E-state index < -0.39 is 20.0 Å². The molecule has 2 N–H and O–H groups in total. The van der Waals surface area contributed by atoms with Crippen molar-refractivity contribution in [3.63, 3.8) is 0 Å². The maximum absolute atomic E-state index is 13.0. The van der Waals surface area contributed by atoms with E-state index in [4.69, 9.17) is 9.05 Å². The molecule has 0 heterocycles. The Labute approximate surface area is 493 Å². The number of nitrogens with zero attached hydrogens (tertiary/aromatic N) is 1. The first kappa shape index (κ1) is 77.7. The third-order valence-electron chi connectivity index (χ3n) is 16.1. The SMILES string of the molecule is CCCCCCC/C=C\C/C=C\C/C=C\CCCCCCCCCCCCCCCCCCCCCCCCCCC(=O)NC(COP(=O)([O-])OCC[N+](C)(C)C)C(O)CCCCCCCCCCCCCCCCCCCC. The Morgan fingerprint density at radius 2 is 0.734 bits per heavy atom.